The zero-order chi connectivity index (χ0) is 12.3. The number of anilines is 3. The molecule has 5 N–H and O–H groups in total. The molecular formula is C11H12FN5. The molecule has 6 heteroatoms. The molecule has 0 saturated heterocycles. The monoisotopic (exact) mass is 233 g/mol. The largest absolute Gasteiger partial charge is 0.393 e. The van der Waals surface area contributed by atoms with Crippen molar-refractivity contribution in [1.82, 2.24) is 9.97 Å². The van der Waals surface area contributed by atoms with E-state index < -0.39 is 0 Å². The summed E-state index contributed by atoms with van der Waals surface area (Å²) in [5, 5.41) is 3.01. The van der Waals surface area contributed by atoms with Crippen molar-refractivity contribution in [3.63, 3.8) is 0 Å². The van der Waals surface area contributed by atoms with Crippen molar-refractivity contribution >= 4 is 17.3 Å². The minimum absolute atomic E-state index is 0.238. The molecule has 0 aliphatic heterocycles. The minimum atomic E-state index is -0.264. The van der Waals surface area contributed by atoms with Crippen molar-refractivity contribution in [2.75, 3.05) is 16.8 Å². The number of nitrogens with one attached hydrogen (secondary N) is 1. The third kappa shape index (κ3) is 2.60. The third-order valence-electron chi connectivity index (χ3n) is 2.29. The molecule has 2 aromatic rings. The van der Waals surface area contributed by atoms with Crippen LogP contribution in [0.15, 0.2) is 30.6 Å². The van der Waals surface area contributed by atoms with Crippen molar-refractivity contribution in [3.05, 3.63) is 42.0 Å². The molecule has 0 aliphatic rings. The van der Waals surface area contributed by atoms with Crippen LogP contribution in [0, 0.1) is 5.82 Å². The maximum absolute atomic E-state index is 12.7. The van der Waals surface area contributed by atoms with Gasteiger partial charge in [0.1, 0.15) is 17.8 Å². The highest BCUT2D eigenvalue weighted by atomic mass is 19.1. The Morgan fingerprint density at radius 3 is 2.53 bits per heavy atom. The molecule has 1 aromatic heterocycles. The Morgan fingerprint density at radius 2 is 1.82 bits per heavy atom. The summed E-state index contributed by atoms with van der Waals surface area (Å²) in [5.74, 6) is 0.447. The molecule has 0 saturated carbocycles. The Hall–Kier alpha value is -2.37. The number of nitrogen functional groups attached to an aromatic ring is 2. The van der Waals surface area contributed by atoms with Crippen LogP contribution in [0.3, 0.4) is 0 Å². The number of hydrogen-bond donors (Lipinski definition) is 3. The Kier molecular flexibility index (Phi) is 3.04. The lowest BCUT2D eigenvalue weighted by atomic mass is 10.2. The van der Waals surface area contributed by atoms with E-state index in [-0.39, 0.29) is 11.6 Å². The molecule has 2 rings (SSSR count). The molecule has 17 heavy (non-hydrogen) atoms. The summed E-state index contributed by atoms with van der Waals surface area (Å²) in [6, 6.07) is 6.16. The summed E-state index contributed by atoms with van der Waals surface area (Å²) in [6.07, 6.45) is 1.33. The van der Waals surface area contributed by atoms with E-state index in [1.807, 2.05) is 0 Å². The van der Waals surface area contributed by atoms with Crippen LogP contribution in [0.1, 0.15) is 5.56 Å². The lowest BCUT2D eigenvalue weighted by molar-refractivity contribution is 0.627. The Labute approximate surface area is 97.7 Å². The van der Waals surface area contributed by atoms with Crippen LogP contribution in [0.5, 0.6) is 0 Å². The molecule has 0 amide bonds. The quantitative estimate of drug-likeness (QED) is 0.745. The first-order valence-electron chi connectivity index (χ1n) is 5.01. The molecule has 0 radical (unpaired) electrons. The second kappa shape index (κ2) is 4.65. The lowest BCUT2D eigenvalue weighted by Gasteiger charge is -2.08. The summed E-state index contributed by atoms with van der Waals surface area (Å²) < 4.78 is 12.7. The zero-order valence-corrected chi connectivity index (χ0v) is 9.02. The molecule has 0 fully saturated rings. The highest BCUT2D eigenvalue weighted by molar-refractivity contribution is 5.72. The number of nitrogens with zero attached hydrogens (tertiary/aromatic N) is 2. The van der Waals surface area contributed by atoms with Crippen molar-refractivity contribution in [3.8, 4) is 0 Å². The molecular weight excluding hydrogens is 221 g/mol. The highest BCUT2D eigenvalue weighted by Gasteiger charge is 2.04. The maximum Gasteiger partial charge on any atom is 0.155 e. The third-order valence-corrected chi connectivity index (χ3v) is 2.29. The van der Waals surface area contributed by atoms with Crippen molar-refractivity contribution in [1.29, 1.82) is 0 Å². The molecule has 0 atom stereocenters. The van der Waals surface area contributed by atoms with Gasteiger partial charge in [-0.3, -0.25) is 0 Å². The van der Waals surface area contributed by atoms with E-state index >= 15 is 0 Å². The summed E-state index contributed by atoms with van der Waals surface area (Å²) in [5.41, 5.74) is 12.5. The second-order valence-electron chi connectivity index (χ2n) is 3.50. The number of rotatable bonds is 3. The molecule has 0 aliphatic carbocycles. The van der Waals surface area contributed by atoms with Crippen LogP contribution in [0.2, 0.25) is 0 Å². The number of benzene rings is 1. The van der Waals surface area contributed by atoms with E-state index in [1.54, 1.807) is 12.1 Å². The number of halogens is 1. The average Bonchev–Trinajstić information content (AvgIpc) is 2.33. The Bertz CT molecular complexity index is 512. The van der Waals surface area contributed by atoms with E-state index in [2.05, 4.69) is 15.3 Å². The molecule has 5 nitrogen and oxygen atoms in total. The number of nitrogens with two attached hydrogens (primary N) is 2. The topological polar surface area (TPSA) is 89.8 Å². The molecule has 1 heterocycles. The van der Waals surface area contributed by atoms with Gasteiger partial charge in [-0.1, -0.05) is 12.1 Å². The Morgan fingerprint density at radius 1 is 1.12 bits per heavy atom. The first-order chi connectivity index (χ1) is 8.16. The van der Waals surface area contributed by atoms with E-state index in [1.165, 1.54) is 18.5 Å². The van der Waals surface area contributed by atoms with Gasteiger partial charge >= 0.3 is 0 Å². The predicted molar refractivity (Wildman–Crippen MR) is 64.6 cm³/mol. The van der Waals surface area contributed by atoms with Crippen molar-refractivity contribution in [2.24, 2.45) is 0 Å². The zero-order valence-electron chi connectivity index (χ0n) is 9.02. The molecule has 0 spiro atoms. The predicted octanol–water partition coefficient (Wildman–Crippen LogP) is 1.39. The van der Waals surface area contributed by atoms with Crippen LogP contribution < -0.4 is 16.8 Å². The average molecular weight is 233 g/mol. The molecule has 1 aromatic carbocycles. The number of aromatic nitrogens is 2. The van der Waals surface area contributed by atoms with Crippen molar-refractivity contribution < 1.29 is 4.39 Å². The van der Waals surface area contributed by atoms with Gasteiger partial charge < -0.3 is 16.8 Å². The fourth-order valence-electron chi connectivity index (χ4n) is 1.34. The Balaban J connectivity index is 2.07. The summed E-state index contributed by atoms with van der Waals surface area (Å²) in [6.45, 7) is 0.487. The first kappa shape index (κ1) is 11.1. The van der Waals surface area contributed by atoms with Crippen molar-refractivity contribution in [2.45, 2.75) is 6.54 Å². The van der Waals surface area contributed by atoms with E-state index in [9.17, 15) is 4.39 Å². The van der Waals surface area contributed by atoms with Gasteiger partial charge in [-0.2, -0.15) is 0 Å². The molecule has 88 valence electrons. The van der Waals surface area contributed by atoms with E-state index in [0.29, 0.717) is 18.1 Å². The summed E-state index contributed by atoms with van der Waals surface area (Å²) >= 11 is 0. The smallest absolute Gasteiger partial charge is 0.155 e. The van der Waals surface area contributed by atoms with Gasteiger partial charge in [0.25, 0.3) is 0 Å². The second-order valence-corrected chi connectivity index (χ2v) is 3.50. The van der Waals surface area contributed by atoms with Crippen LogP contribution in [0.25, 0.3) is 0 Å². The van der Waals surface area contributed by atoms with Crippen LogP contribution in [0.4, 0.5) is 21.7 Å². The van der Waals surface area contributed by atoms with Gasteiger partial charge in [0.15, 0.2) is 11.6 Å². The number of hydrogen-bond acceptors (Lipinski definition) is 5. The van der Waals surface area contributed by atoms with Crippen LogP contribution >= 0.6 is 0 Å². The van der Waals surface area contributed by atoms with Gasteiger partial charge in [-0.05, 0) is 17.7 Å². The molecule has 0 bridgehead atoms. The van der Waals surface area contributed by atoms with Crippen LogP contribution in [-0.4, -0.2) is 9.97 Å². The maximum atomic E-state index is 12.7. The minimum Gasteiger partial charge on any atom is -0.393 e. The summed E-state index contributed by atoms with van der Waals surface area (Å²) in [4.78, 5) is 7.73. The summed E-state index contributed by atoms with van der Waals surface area (Å²) in [7, 11) is 0. The van der Waals surface area contributed by atoms with Crippen LogP contribution in [-0.2, 0) is 6.54 Å². The van der Waals surface area contributed by atoms with E-state index in [0.717, 1.165) is 5.56 Å². The highest BCUT2D eigenvalue weighted by Crippen LogP contribution is 2.19. The molecule has 0 unspecified atom stereocenters. The van der Waals surface area contributed by atoms with Gasteiger partial charge in [-0.15, -0.1) is 0 Å². The van der Waals surface area contributed by atoms with Gasteiger partial charge in [0.2, 0.25) is 0 Å². The lowest BCUT2D eigenvalue weighted by Crippen LogP contribution is -2.07. The fourth-order valence-corrected chi connectivity index (χ4v) is 1.34. The van der Waals surface area contributed by atoms with Gasteiger partial charge in [0, 0.05) is 6.54 Å². The normalized spacial score (nSPS) is 10.2. The van der Waals surface area contributed by atoms with Gasteiger partial charge in [0.05, 0.1) is 0 Å². The SMILES string of the molecule is Nc1ncnc(NCc2ccc(F)cc2)c1N. The van der Waals surface area contributed by atoms with E-state index in [4.69, 9.17) is 11.5 Å². The van der Waals surface area contributed by atoms with Gasteiger partial charge in [-0.25, -0.2) is 14.4 Å². The first-order valence-corrected chi connectivity index (χ1v) is 5.01. The standard InChI is InChI=1S/C11H12FN5/c12-8-3-1-7(2-4-8)5-15-11-9(13)10(14)16-6-17-11/h1-4,6H,5,13H2,(H3,14,15,16,17). The fraction of sp³-hybridized carbons (Fsp3) is 0.0909.